The van der Waals surface area contributed by atoms with Crippen molar-refractivity contribution in [3.8, 4) is 0 Å². The van der Waals surface area contributed by atoms with Crippen LogP contribution in [0.1, 0.15) is 0 Å². The monoisotopic (exact) mass is 607 g/mol. The van der Waals surface area contributed by atoms with Crippen LogP contribution in [0.15, 0.2) is 97.1 Å². The quantitative estimate of drug-likeness (QED) is 0.240. The van der Waals surface area contributed by atoms with Gasteiger partial charge in [0.25, 0.3) is 0 Å². The molecule has 4 rings (SSSR count). The average molecular weight is 608 g/mol. The van der Waals surface area contributed by atoms with E-state index in [1.165, 1.54) is 42.6 Å². The largest absolute Gasteiger partial charge is 0.195 e. The number of hydrogen-bond acceptors (Lipinski definition) is 0. The summed E-state index contributed by atoms with van der Waals surface area (Å²) in [5, 5.41) is 6.07. The first-order chi connectivity index (χ1) is 18.8. The molecule has 0 aliphatic carbocycles. The molecule has 0 heterocycles. The van der Waals surface area contributed by atoms with E-state index in [0.29, 0.717) is 0 Å². The highest BCUT2D eigenvalue weighted by molar-refractivity contribution is 7.20. The molecule has 0 radical (unpaired) electrons. The van der Waals surface area contributed by atoms with Crippen molar-refractivity contribution in [1.29, 1.82) is 0 Å². The molecule has 0 fully saturated rings. The van der Waals surface area contributed by atoms with Crippen LogP contribution in [0.3, 0.4) is 0 Å². The third kappa shape index (κ3) is 6.59. The van der Waals surface area contributed by atoms with Crippen molar-refractivity contribution >= 4 is 81.0 Å². The maximum atomic E-state index is 2.46. The van der Waals surface area contributed by atoms with Crippen molar-refractivity contribution in [2.45, 2.75) is 78.6 Å². The van der Waals surface area contributed by atoms with Gasteiger partial charge in [-0.15, -0.1) is 0 Å². The van der Waals surface area contributed by atoms with Gasteiger partial charge in [-0.3, -0.25) is 0 Å². The molecule has 0 atom stereocenters. The summed E-state index contributed by atoms with van der Waals surface area (Å²) in [6.45, 7) is 29.3. The van der Waals surface area contributed by atoms with E-state index in [9.17, 15) is 0 Å². The molecular formula is C36H52BSi4-. The van der Waals surface area contributed by atoms with Crippen LogP contribution in [0.5, 0.6) is 0 Å². The summed E-state index contributed by atoms with van der Waals surface area (Å²) in [6.07, 6.45) is -1.37. The van der Waals surface area contributed by atoms with Crippen LogP contribution in [-0.2, 0) is 0 Å². The van der Waals surface area contributed by atoms with E-state index in [-0.39, 0.29) is 0 Å². The van der Waals surface area contributed by atoms with Gasteiger partial charge in [0, 0.05) is 0 Å². The van der Waals surface area contributed by atoms with Gasteiger partial charge in [0.2, 0.25) is 0 Å². The van der Waals surface area contributed by atoms with Gasteiger partial charge in [-0.25, -0.2) is 0 Å². The molecule has 0 saturated heterocycles. The number of hydrogen-bond donors (Lipinski definition) is 0. The molecule has 0 bridgehead atoms. The Morgan fingerprint density at radius 3 is 0.537 bits per heavy atom. The molecule has 0 aliphatic rings. The number of benzene rings is 4. The van der Waals surface area contributed by atoms with Gasteiger partial charge in [-0.1, -0.05) is 196 Å². The average Bonchev–Trinajstić information content (AvgIpc) is 2.88. The predicted octanol–water partition coefficient (Wildman–Crippen LogP) is 5.24. The molecule has 216 valence electrons. The zero-order valence-electron chi connectivity index (χ0n) is 27.8. The van der Waals surface area contributed by atoms with Crippen molar-refractivity contribution in [3.05, 3.63) is 97.1 Å². The van der Waals surface area contributed by atoms with Crippen LogP contribution in [0.25, 0.3) is 0 Å². The second-order valence-corrected chi connectivity index (χ2v) is 36.7. The molecule has 0 saturated carbocycles. The fraction of sp³-hybridized carbons (Fsp3) is 0.333. The van der Waals surface area contributed by atoms with Crippen LogP contribution in [-0.4, -0.2) is 38.4 Å². The Morgan fingerprint density at radius 2 is 0.415 bits per heavy atom. The van der Waals surface area contributed by atoms with Gasteiger partial charge in [0.05, 0.1) is 32.3 Å². The predicted molar refractivity (Wildman–Crippen MR) is 202 cm³/mol. The van der Waals surface area contributed by atoms with Crippen LogP contribution in [0.4, 0.5) is 0 Å². The molecule has 0 N–H and O–H groups in total. The maximum absolute atomic E-state index is 2.46. The van der Waals surface area contributed by atoms with Gasteiger partial charge in [-0.05, 0) is 0 Å². The van der Waals surface area contributed by atoms with Crippen LogP contribution in [0.2, 0.25) is 78.6 Å². The van der Waals surface area contributed by atoms with Gasteiger partial charge in [0.15, 0.2) is 0 Å². The van der Waals surface area contributed by atoms with Gasteiger partial charge < -0.3 is 0 Å². The van der Waals surface area contributed by atoms with Crippen molar-refractivity contribution < 1.29 is 0 Å². The fourth-order valence-corrected chi connectivity index (χ4v) is 10.9. The lowest BCUT2D eigenvalue weighted by atomic mass is 9.13. The van der Waals surface area contributed by atoms with E-state index in [1.807, 2.05) is 0 Å². The molecule has 0 spiro atoms. The molecule has 41 heavy (non-hydrogen) atoms. The zero-order chi connectivity index (χ0) is 30.4. The summed E-state index contributed by atoms with van der Waals surface area (Å²) in [6, 6.07) is 39.1. The highest BCUT2D eigenvalue weighted by atomic mass is 28.3. The summed E-state index contributed by atoms with van der Waals surface area (Å²) >= 11 is 0. The first kappa shape index (κ1) is 31.7. The van der Waals surface area contributed by atoms with Crippen LogP contribution < -0.4 is 42.6 Å². The molecule has 4 aromatic rings. The van der Waals surface area contributed by atoms with Gasteiger partial charge >= 0.3 is 0 Å². The van der Waals surface area contributed by atoms with Crippen molar-refractivity contribution in [3.63, 3.8) is 0 Å². The molecule has 0 unspecified atom stereocenters. The zero-order valence-corrected chi connectivity index (χ0v) is 31.8. The summed E-state index contributed by atoms with van der Waals surface area (Å²) in [4.78, 5) is 0. The van der Waals surface area contributed by atoms with Crippen molar-refractivity contribution in [1.82, 2.24) is 0 Å². The van der Waals surface area contributed by atoms with E-state index >= 15 is 0 Å². The molecule has 0 nitrogen and oxygen atoms in total. The first-order valence-corrected chi connectivity index (χ1v) is 29.4. The molecule has 4 aromatic carbocycles. The Bertz CT molecular complexity index is 1220. The van der Waals surface area contributed by atoms with Crippen LogP contribution >= 0.6 is 0 Å². The molecule has 0 amide bonds. The highest BCUT2D eigenvalue weighted by Crippen LogP contribution is 2.13. The van der Waals surface area contributed by atoms with E-state index in [4.69, 9.17) is 0 Å². The minimum atomic E-state index is -1.42. The van der Waals surface area contributed by atoms with Crippen molar-refractivity contribution in [2.75, 3.05) is 0 Å². The Kier molecular flexibility index (Phi) is 8.63. The Morgan fingerprint density at radius 1 is 0.268 bits per heavy atom. The smallest absolute Gasteiger partial charge is 0.108 e. The summed E-state index contributed by atoms with van der Waals surface area (Å²) in [5.41, 5.74) is 5.65. The molecule has 5 heteroatoms. The standard InChI is InChI=1S/C36H52BSi4/c1-38(2,3)33-21-13-29(14-22-33)37(30-15-23-34(24-16-30)39(4,5)6,31-17-25-35(26-18-31)40(7,8)9)32-19-27-36(28-20-32)41(10,11)12/h13-28H,1-12H3/q-1. The maximum Gasteiger partial charge on any atom is 0.108 e. The Labute approximate surface area is 255 Å². The summed E-state index contributed by atoms with van der Waals surface area (Å²) in [5.74, 6) is 0. The normalized spacial score (nSPS) is 13.4. The topological polar surface area (TPSA) is 0 Å². The SMILES string of the molecule is C[Si](C)(C)c1ccc([B-](c2ccc([Si](C)(C)C)cc2)(c2ccc([Si](C)(C)C)cc2)c2ccc([Si](C)(C)C)cc2)cc1. The van der Waals surface area contributed by atoms with E-state index < -0.39 is 38.4 Å². The van der Waals surface area contributed by atoms with Crippen LogP contribution in [0, 0.1) is 0 Å². The minimum Gasteiger partial charge on any atom is -0.195 e. The Hall–Kier alpha value is -2.19. The highest BCUT2D eigenvalue weighted by Gasteiger charge is 2.33. The van der Waals surface area contributed by atoms with E-state index in [1.54, 1.807) is 0 Å². The second kappa shape index (κ2) is 11.1. The lowest BCUT2D eigenvalue weighted by Crippen LogP contribution is -2.75. The third-order valence-corrected chi connectivity index (χ3v) is 17.4. The summed E-state index contributed by atoms with van der Waals surface area (Å²) < 4.78 is 0. The lowest BCUT2D eigenvalue weighted by molar-refractivity contribution is 1.65. The Balaban J connectivity index is 2.09. The van der Waals surface area contributed by atoms with E-state index in [0.717, 1.165) is 0 Å². The molecule has 0 aliphatic heterocycles. The minimum absolute atomic E-state index is 1.37. The molecule has 0 aromatic heterocycles. The molecular weight excluding hydrogens is 556 g/mol. The second-order valence-electron chi connectivity index (χ2n) is 16.4. The van der Waals surface area contributed by atoms with E-state index in [2.05, 4.69) is 176 Å². The lowest BCUT2D eigenvalue weighted by Gasteiger charge is -2.45. The van der Waals surface area contributed by atoms with Gasteiger partial charge in [-0.2, -0.15) is 21.9 Å². The summed E-state index contributed by atoms with van der Waals surface area (Å²) in [7, 11) is -5.67. The third-order valence-electron chi connectivity index (χ3n) is 9.11. The fourth-order valence-electron chi connectivity index (χ4n) is 6.24. The first-order valence-electron chi connectivity index (χ1n) is 15.4. The van der Waals surface area contributed by atoms with Gasteiger partial charge in [0.1, 0.15) is 6.15 Å². The van der Waals surface area contributed by atoms with Crippen molar-refractivity contribution in [2.24, 2.45) is 0 Å². The number of rotatable bonds is 8.